The van der Waals surface area contributed by atoms with Gasteiger partial charge in [0.2, 0.25) is 0 Å². The third kappa shape index (κ3) is 4.45. The Kier molecular flexibility index (Phi) is 6.09. The Morgan fingerprint density at radius 3 is 1.46 bits per heavy atom. The lowest BCUT2D eigenvalue weighted by atomic mass is 9.78. The standard InChI is InChI=1S/C21H37O2P/c1-14(2)24(23,15(3)4)13-16-11-17(20(5,6)7)19(22)18(12-16)21(8,9)10/h11-12,14-15,22H,13H2,1-10H3. The lowest BCUT2D eigenvalue weighted by Crippen LogP contribution is -2.18. The van der Waals surface area contributed by atoms with Crippen LogP contribution in [-0.4, -0.2) is 16.4 Å². The Hall–Kier alpha value is -0.750. The van der Waals surface area contributed by atoms with Crippen molar-refractivity contribution in [2.75, 3.05) is 0 Å². The monoisotopic (exact) mass is 352 g/mol. The smallest absolute Gasteiger partial charge is 0.123 e. The molecule has 1 N–H and O–H groups in total. The molecule has 0 amide bonds. The number of benzene rings is 1. The van der Waals surface area contributed by atoms with E-state index in [0.717, 1.165) is 16.7 Å². The van der Waals surface area contributed by atoms with Crippen LogP contribution in [0.15, 0.2) is 12.1 Å². The molecule has 0 radical (unpaired) electrons. The SMILES string of the molecule is CC(C)P(=O)(Cc1cc(C(C)(C)C)c(O)c(C(C)(C)C)c1)C(C)C. The Balaban J connectivity index is 3.59. The van der Waals surface area contributed by atoms with E-state index in [1.807, 2.05) is 0 Å². The van der Waals surface area contributed by atoms with Crippen molar-refractivity contribution < 1.29 is 9.67 Å². The van der Waals surface area contributed by atoms with Crippen LogP contribution >= 0.6 is 7.14 Å². The first-order valence-electron chi connectivity index (χ1n) is 9.06. The van der Waals surface area contributed by atoms with Crippen molar-refractivity contribution in [3.05, 3.63) is 28.8 Å². The highest BCUT2D eigenvalue weighted by Crippen LogP contribution is 2.58. The molecular formula is C21H37O2P. The molecule has 0 aromatic heterocycles. The van der Waals surface area contributed by atoms with Gasteiger partial charge in [-0.1, -0.05) is 81.4 Å². The molecule has 24 heavy (non-hydrogen) atoms. The van der Waals surface area contributed by atoms with Gasteiger partial charge in [0.05, 0.1) is 7.14 Å². The highest BCUT2D eigenvalue weighted by molar-refractivity contribution is 7.64. The molecule has 3 heteroatoms. The van der Waals surface area contributed by atoms with E-state index in [0.29, 0.717) is 11.9 Å². The number of hydrogen-bond donors (Lipinski definition) is 1. The van der Waals surface area contributed by atoms with E-state index in [1.165, 1.54) is 0 Å². The zero-order valence-corrected chi connectivity index (χ0v) is 18.2. The number of rotatable bonds is 4. The van der Waals surface area contributed by atoms with Gasteiger partial charge in [-0.05, 0) is 27.5 Å². The molecule has 0 fully saturated rings. The summed E-state index contributed by atoms with van der Waals surface area (Å²) in [5, 5.41) is 10.8. The van der Waals surface area contributed by atoms with Crippen molar-refractivity contribution in [3.63, 3.8) is 0 Å². The van der Waals surface area contributed by atoms with E-state index in [2.05, 4.69) is 81.4 Å². The van der Waals surface area contributed by atoms with Gasteiger partial charge in [-0.2, -0.15) is 0 Å². The van der Waals surface area contributed by atoms with Crippen LogP contribution in [0.2, 0.25) is 0 Å². The first-order valence-corrected chi connectivity index (χ1v) is 11.1. The molecule has 138 valence electrons. The largest absolute Gasteiger partial charge is 0.507 e. The number of aromatic hydroxyl groups is 1. The van der Waals surface area contributed by atoms with Crippen molar-refractivity contribution in [1.29, 1.82) is 0 Å². The maximum Gasteiger partial charge on any atom is 0.123 e. The van der Waals surface area contributed by atoms with Crippen LogP contribution in [0.5, 0.6) is 5.75 Å². The van der Waals surface area contributed by atoms with Crippen LogP contribution < -0.4 is 0 Å². The second-order valence-electron chi connectivity index (χ2n) is 9.74. The summed E-state index contributed by atoms with van der Waals surface area (Å²) >= 11 is 0. The number of hydrogen-bond acceptors (Lipinski definition) is 2. The fourth-order valence-corrected chi connectivity index (χ4v) is 5.85. The van der Waals surface area contributed by atoms with Gasteiger partial charge in [0.15, 0.2) is 0 Å². The van der Waals surface area contributed by atoms with Crippen LogP contribution in [0, 0.1) is 0 Å². The average Bonchev–Trinajstić information content (AvgIpc) is 2.37. The van der Waals surface area contributed by atoms with E-state index < -0.39 is 7.14 Å². The van der Waals surface area contributed by atoms with E-state index in [4.69, 9.17) is 0 Å². The van der Waals surface area contributed by atoms with Crippen LogP contribution in [0.4, 0.5) is 0 Å². The molecular weight excluding hydrogens is 315 g/mol. The first kappa shape index (κ1) is 21.3. The van der Waals surface area contributed by atoms with Gasteiger partial charge in [0.1, 0.15) is 5.75 Å². The van der Waals surface area contributed by atoms with Crippen LogP contribution in [0.3, 0.4) is 0 Å². The summed E-state index contributed by atoms with van der Waals surface area (Å²) in [5.74, 6) is 0.391. The zero-order chi connectivity index (χ0) is 19.1. The molecule has 0 bridgehead atoms. The van der Waals surface area contributed by atoms with E-state index in [9.17, 15) is 9.67 Å². The molecule has 1 rings (SSSR count). The molecule has 1 aromatic carbocycles. The molecule has 0 spiro atoms. The molecule has 0 atom stereocenters. The van der Waals surface area contributed by atoms with Gasteiger partial charge in [0, 0.05) is 17.5 Å². The Bertz CT molecular complexity index is 581. The second-order valence-corrected chi connectivity index (χ2v) is 13.8. The molecule has 0 aliphatic carbocycles. The zero-order valence-electron chi connectivity index (χ0n) is 17.3. The van der Waals surface area contributed by atoms with E-state index >= 15 is 0 Å². The van der Waals surface area contributed by atoms with Gasteiger partial charge >= 0.3 is 0 Å². The molecule has 0 aliphatic rings. The molecule has 0 heterocycles. The summed E-state index contributed by atoms with van der Waals surface area (Å²) in [7, 11) is -2.33. The summed E-state index contributed by atoms with van der Waals surface area (Å²) in [4.78, 5) is 0. The number of phenolic OH excluding ortho intramolecular Hbond substituents is 1. The lowest BCUT2D eigenvalue weighted by molar-refractivity contribution is 0.423. The van der Waals surface area contributed by atoms with Gasteiger partial charge in [0.25, 0.3) is 0 Å². The molecule has 2 nitrogen and oxygen atoms in total. The predicted molar refractivity (Wildman–Crippen MR) is 107 cm³/mol. The fourth-order valence-electron chi connectivity index (χ4n) is 3.18. The van der Waals surface area contributed by atoms with Gasteiger partial charge in [-0.25, -0.2) is 0 Å². The van der Waals surface area contributed by atoms with Gasteiger partial charge < -0.3 is 9.67 Å². The van der Waals surface area contributed by atoms with Gasteiger partial charge in [-0.3, -0.25) is 0 Å². The summed E-state index contributed by atoms with van der Waals surface area (Å²) in [5.41, 5.74) is 3.02. The van der Waals surface area contributed by atoms with Crippen LogP contribution in [0.1, 0.15) is 85.9 Å². The van der Waals surface area contributed by atoms with Crippen molar-refractivity contribution in [2.45, 2.75) is 97.5 Å². The molecule has 1 aromatic rings. The maximum absolute atomic E-state index is 13.5. The first-order chi connectivity index (χ1) is 10.6. The lowest BCUT2D eigenvalue weighted by Gasteiger charge is -2.30. The van der Waals surface area contributed by atoms with Crippen molar-refractivity contribution in [2.24, 2.45) is 0 Å². The number of phenols is 1. The van der Waals surface area contributed by atoms with E-state index in [-0.39, 0.29) is 22.1 Å². The summed E-state index contributed by atoms with van der Waals surface area (Å²) in [6, 6.07) is 4.14. The Morgan fingerprint density at radius 2 is 1.21 bits per heavy atom. The van der Waals surface area contributed by atoms with Crippen molar-refractivity contribution in [3.8, 4) is 5.75 Å². The highest BCUT2D eigenvalue weighted by Gasteiger charge is 2.33. The molecule has 0 unspecified atom stereocenters. The van der Waals surface area contributed by atoms with Gasteiger partial charge in [-0.15, -0.1) is 0 Å². The normalized spacial score (nSPS) is 13.8. The molecule has 0 saturated carbocycles. The van der Waals surface area contributed by atoms with Crippen LogP contribution in [-0.2, 0) is 21.6 Å². The molecule has 0 aliphatic heterocycles. The third-order valence-corrected chi connectivity index (χ3v) is 9.32. The molecule has 0 saturated heterocycles. The minimum absolute atomic E-state index is 0.153. The summed E-state index contributed by atoms with van der Waals surface area (Å²) in [6.07, 6.45) is 0.606. The Morgan fingerprint density at radius 1 is 0.875 bits per heavy atom. The summed E-state index contributed by atoms with van der Waals surface area (Å²) in [6.45, 7) is 20.9. The topological polar surface area (TPSA) is 37.3 Å². The average molecular weight is 352 g/mol. The maximum atomic E-state index is 13.5. The third-order valence-electron chi connectivity index (χ3n) is 4.96. The van der Waals surface area contributed by atoms with E-state index in [1.54, 1.807) is 0 Å². The van der Waals surface area contributed by atoms with Crippen LogP contribution in [0.25, 0.3) is 0 Å². The summed E-state index contributed by atoms with van der Waals surface area (Å²) < 4.78 is 13.5. The van der Waals surface area contributed by atoms with Crippen molar-refractivity contribution >= 4 is 7.14 Å². The highest BCUT2D eigenvalue weighted by atomic mass is 31.2. The van der Waals surface area contributed by atoms with Crippen molar-refractivity contribution in [1.82, 2.24) is 0 Å². The fraction of sp³-hybridized carbons (Fsp3) is 0.714. The quantitative estimate of drug-likeness (QED) is 0.615. The second kappa shape index (κ2) is 6.87. The minimum Gasteiger partial charge on any atom is -0.507 e. The minimum atomic E-state index is -2.33. The Labute approximate surface area is 149 Å². The predicted octanol–water partition coefficient (Wildman–Crippen LogP) is 6.67.